The lowest BCUT2D eigenvalue weighted by atomic mass is 9.41. The Hall–Kier alpha value is -0.650. The zero-order valence-corrected chi connectivity index (χ0v) is 35.0. The summed E-state index contributed by atoms with van der Waals surface area (Å²) < 4.78 is 74.5. The third-order valence-electron chi connectivity index (χ3n) is 15.4. The SMILES string of the molecule is COC1C(O)[C@H](OC)CO[C@@H]1OC1C(O)[C@@H](CO)O[C@H]1O[C@@H](CCC(C)C1CC(O)C2C3(O)CC(OS(=O)(=O)O)C4C(O)C(O)CC[C@]4(C)C3CC[C@]12C)C(C)C. The molecule has 0 aromatic carbocycles. The molecule has 0 amide bonds. The van der Waals surface area contributed by atoms with Gasteiger partial charge in [0.25, 0.3) is 0 Å². The first-order valence-electron chi connectivity index (χ1n) is 20.7. The summed E-state index contributed by atoms with van der Waals surface area (Å²) in [6, 6.07) is 0. The van der Waals surface area contributed by atoms with Crippen molar-refractivity contribution in [2.45, 2.75) is 171 Å². The van der Waals surface area contributed by atoms with Gasteiger partial charge in [0.05, 0.1) is 49.3 Å². The molecule has 4 aliphatic carbocycles. The van der Waals surface area contributed by atoms with Crippen LogP contribution in [0.4, 0.5) is 0 Å². The van der Waals surface area contributed by atoms with E-state index >= 15 is 0 Å². The van der Waals surface area contributed by atoms with Crippen molar-refractivity contribution in [2.24, 2.45) is 46.3 Å². The van der Waals surface area contributed by atoms with Gasteiger partial charge in [-0.15, -0.1) is 0 Å². The minimum absolute atomic E-state index is 0.0117. The molecule has 0 aromatic heterocycles. The number of hydrogen-bond acceptors (Lipinski definition) is 16. The number of fused-ring (bicyclic) bond motifs is 5. The Kier molecular flexibility index (Phi) is 13.9. The topological polar surface area (TPSA) is 261 Å². The maximum atomic E-state index is 12.9. The van der Waals surface area contributed by atoms with E-state index in [-0.39, 0.29) is 37.2 Å². The first-order valence-corrected chi connectivity index (χ1v) is 22.0. The van der Waals surface area contributed by atoms with Crippen LogP contribution in [0.15, 0.2) is 0 Å². The van der Waals surface area contributed by atoms with E-state index in [4.69, 9.17) is 32.6 Å². The van der Waals surface area contributed by atoms with Gasteiger partial charge in [-0.3, -0.25) is 4.55 Å². The summed E-state index contributed by atoms with van der Waals surface area (Å²) in [7, 11) is -2.14. The fourth-order valence-electron chi connectivity index (χ4n) is 12.7. The molecule has 6 aliphatic rings. The van der Waals surface area contributed by atoms with E-state index in [0.717, 1.165) is 0 Å². The lowest BCUT2D eigenvalue weighted by Crippen LogP contribution is -2.71. The Morgan fingerprint density at radius 1 is 0.842 bits per heavy atom. The lowest BCUT2D eigenvalue weighted by molar-refractivity contribution is -0.313. The molecule has 2 saturated heterocycles. The smallest absolute Gasteiger partial charge is 0.394 e. The molecule has 17 nitrogen and oxygen atoms in total. The molecule has 2 aliphatic heterocycles. The Bertz CT molecular complexity index is 1470. The first-order chi connectivity index (χ1) is 26.6. The predicted octanol–water partition coefficient (Wildman–Crippen LogP) is 0.529. The standard InChI is InChI=1S/C39H68O17S/c1-18(2)23(53-36-33(30(44)25(16-40)54-36)55-35-32(51-7)31(45)26(50-6)17-52-35)9-8-19(3)20-14-22(42)34-37(20,4)13-11-27-38(5)12-10-21(41)29(43)28(38)24(15-39(27,34)46)56-57(47,48)49/h18-36,40-46H,8-17H2,1-7H3,(H,47,48,49)/t19?,20?,21?,22?,23-,24?,25+,26+,27?,28?,29?,30?,31?,32?,33?,34?,35+,36+,37+,38+,39?/m0/s1. The van der Waals surface area contributed by atoms with Gasteiger partial charge in [0.15, 0.2) is 12.6 Å². The van der Waals surface area contributed by atoms with Crippen molar-refractivity contribution in [1.82, 2.24) is 0 Å². The van der Waals surface area contributed by atoms with E-state index in [1.165, 1.54) is 14.2 Å². The summed E-state index contributed by atoms with van der Waals surface area (Å²) >= 11 is 0. The molecule has 332 valence electrons. The molecule has 0 bridgehead atoms. The molecule has 0 spiro atoms. The highest BCUT2D eigenvalue weighted by molar-refractivity contribution is 7.80. The van der Waals surface area contributed by atoms with Gasteiger partial charge in [0.2, 0.25) is 0 Å². The molecule has 18 heteroatoms. The van der Waals surface area contributed by atoms with Crippen molar-refractivity contribution in [3.8, 4) is 0 Å². The quantitative estimate of drug-likeness (QED) is 0.111. The largest absolute Gasteiger partial charge is 0.397 e. The van der Waals surface area contributed by atoms with Gasteiger partial charge in [-0.05, 0) is 79.4 Å². The molecule has 2 heterocycles. The number of aliphatic hydroxyl groups is 7. The fraction of sp³-hybridized carbons (Fsp3) is 1.00. The molecule has 57 heavy (non-hydrogen) atoms. The van der Waals surface area contributed by atoms with Crippen LogP contribution in [0.3, 0.4) is 0 Å². The Morgan fingerprint density at radius 2 is 1.53 bits per heavy atom. The summed E-state index contributed by atoms with van der Waals surface area (Å²) in [6.45, 7) is 9.64. The van der Waals surface area contributed by atoms with E-state index in [1.807, 2.05) is 20.8 Å². The van der Waals surface area contributed by atoms with Crippen molar-refractivity contribution in [3.05, 3.63) is 0 Å². The number of methoxy groups -OCH3 is 2. The second kappa shape index (κ2) is 17.3. The lowest BCUT2D eigenvalue weighted by Gasteiger charge is -2.66. The summed E-state index contributed by atoms with van der Waals surface area (Å²) in [5, 5.41) is 78.5. The van der Waals surface area contributed by atoms with Gasteiger partial charge in [-0.1, -0.05) is 34.6 Å². The van der Waals surface area contributed by atoms with E-state index in [1.54, 1.807) is 0 Å². The first kappa shape index (κ1) is 45.9. The maximum absolute atomic E-state index is 12.9. The van der Waals surface area contributed by atoms with E-state index < -0.39 is 131 Å². The van der Waals surface area contributed by atoms with Crippen LogP contribution in [0.5, 0.6) is 0 Å². The Balaban J connectivity index is 1.17. The number of ether oxygens (including phenoxy) is 6. The number of hydrogen-bond donors (Lipinski definition) is 8. The molecule has 0 radical (unpaired) electrons. The average Bonchev–Trinajstić information content (AvgIpc) is 3.58. The summed E-state index contributed by atoms with van der Waals surface area (Å²) in [5.41, 5.74) is -3.00. The van der Waals surface area contributed by atoms with Crippen molar-refractivity contribution in [3.63, 3.8) is 0 Å². The Morgan fingerprint density at radius 3 is 2.14 bits per heavy atom. The van der Waals surface area contributed by atoms with Crippen LogP contribution < -0.4 is 0 Å². The predicted molar refractivity (Wildman–Crippen MR) is 199 cm³/mol. The van der Waals surface area contributed by atoms with Gasteiger partial charge in [-0.2, -0.15) is 8.42 Å². The molecule has 6 rings (SSSR count). The zero-order valence-electron chi connectivity index (χ0n) is 34.2. The van der Waals surface area contributed by atoms with Crippen LogP contribution in [0, 0.1) is 46.3 Å². The molecule has 4 saturated carbocycles. The molecule has 21 atom stereocenters. The highest BCUT2D eigenvalue weighted by Crippen LogP contribution is 2.70. The monoisotopic (exact) mass is 840 g/mol. The fourth-order valence-corrected chi connectivity index (χ4v) is 13.2. The van der Waals surface area contributed by atoms with Crippen LogP contribution in [-0.4, -0.2) is 161 Å². The van der Waals surface area contributed by atoms with Crippen LogP contribution in [0.2, 0.25) is 0 Å². The van der Waals surface area contributed by atoms with E-state index in [0.29, 0.717) is 38.5 Å². The number of aliphatic hydroxyl groups excluding tert-OH is 6. The minimum Gasteiger partial charge on any atom is -0.394 e. The number of rotatable bonds is 14. The van der Waals surface area contributed by atoms with Gasteiger partial charge in [-0.25, -0.2) is 4.18 Å². The van der Waals surface area contributed by atoms with Gasteiger partial charge >= 0.3 is 10.4 Å². The third kappa shape index (κ3) is 8.35. The van der Waals surface area contributed by atoms with Crippen molar-refractivity contribution < 1.29 is 81.3 Å². The summed E-state index contributed by atoms with van der Waals surface area (Å²) in [4.78, 5) is 0. The second-order valence-corrected chi connectivity index (χ2v) is 19.9. The minimum atomic E-state index is -4.99. The van der Waals surface area contributed by atoms with E-state index in [2.05, 4.69) is 13.8 Å². The second-order valence-electron chi connectivity index (χ2n) is 18.8. The molecular formula is C39H68O17S. The normalized spacial score (nSPS) is 50.0. The van der Waals surface area contributed by atoms with Crippen molar-refractivity contribution in [1.29, 1.82) is 0 Å². The van der Waals surface area contributed by atoms with Crippen LogP contribution in [-0.2, 0) is 43.0 Å². The van der Waals surface area contributed by atoms with E-state index in [9.17, 15) is 48.7 Å². The maximum Gasteiger partial charge on any atom is 0.397 e. The zero-order chi connectivity index (χ0) is 42.0. The summed E-state index contributed by atoms with van der Waals surface area (Å²) in [6.07, 6.45) is -9.98. The Labute approximate surface area is 336 Å². The highest BCUT2D eigenvalue weighted by Gasteiger charge is 2.72. The molecular weight excluding hydrogens is 772 g/mol. The summed E-state index contributed by atoms with van der Waals surface area (Å²) in [5.74, 6) is -1.97. The molecule has 8 N–H and O–H groups in total. The van der Waals surface area contributed by atoms with Gasteiger partial charge in [0.1, 0.15) is 36.6 Å². The van der Waals surface area contributed by atoms with Crippen molar-refractivity contribution >= 4 is 10.4 Å². The molecule has 6 fully saturated rings. The third-order valence-corrected chi connectivity index (χ3v) is 15.9. The average molecular weight is 841 g/mol. The molecule has 14 unspecified atom stereocenters. The van der Waals surface area contributed by atoms with Crippen molar-refractivity contribution in [2.75, 3.05) is 27.4 Å². The van der Waals surface area contributed by atoms with Crippen LogP contribution >= 0.6 is 0 Å². The van der Waals surface area contributed by atoms with Crippen LogP contribution in [0.1, 0.15) is 86.0 Å². The van der Waals surface area contributed by atoms with Gasteiger partial charge in [0, 0.05) is 32.5 Å². The molecule has 0 aromatic rings. The highest BCUT2D eigenvalue weighted by atomic mass is 32.3. The van der Waals surface area contributed by atoms with Gasteiger partial charge < -0.3 is 64.2 Å². The van der Waals surface area contributed by atoms with Crippen LogP contribution in [0.25, 0.3) is 0 Å².